The van der Waals surface area contributed by atoms with Gasteiger partial charge in [0.1, 0.15) is 6.10 Å². The predicted molar refractivity (Wildman–Crippen MR) is 72.2 cm³/mol. The first-order valence-electron chi connectivity index (χ1n) is 6.87. The zero-order chi connectivity index (χ0) is 13.5. The highest BCUT2D eigenvalue weighted by molar-refractivity contribution is 5.66. The van der Waals surface area contributed by atoms with Crippen LogP contribution in [0.1, 0.15) is 66.7 Å². The molecule has 0 aromatic heterocycles. The molecule has 3 heteroatoms. The van der Waals surface area contributed by atoms with Crippen molar-refractivity contribution in [2.45, 2.75) is 72.8 Å². The van der Waals surface area contributed by atoms with Gasteiger partial charge in [-0.25, -0.2) is 0 Å². The molecular weight excluding hydrogens is 216 g/mol. The maximum atomic E-state index is 10.6. The van der Waals surface area contributed by atoms with Gasteiger partial charge in [-0.15, -0.1) is 0 Å². The number of hydrogen-bond donors (Lipinski definition) is 0. The fourth-order valence-corrected chi connectivity index (χ4v) is 1.41. The molecule has 0 radical (unpaired) electrons. The van der Waals surface area contributed by atoms with Crippen LogP contribution in [0.15, 0.2) is 0 Å². The van der Waals surface area contributed by atoms with Crippen LogP contribution in [-0.2, 0) is 14.3 Å². The molecule has 0 aliphatic carbocycles. The van der Waals surface area contributed by atoms with Gasteiger partial charge in [0.15, 0.2) is 0 Å². The Morgan fingerprint density at radius 1 is 1.06 bits per heavy atom. The summed E-state index contributed by atoms with van der Waals surface area (Å²) in [5, 5.41) is 0. The fraction of sp³-hybridized carbons (Fsp3) is 0.929. The molecule has 0 rings (SSSR count). The van der Waals surface area contributed by atoms with Crippen molar-refractivity contribution in [1.29, 1.82) is 0 Å². The molecule has 3 nitrogen and oxygen atoms in total. The summed E-state index contributed by atoms with van der Waals surface area (Å²) in [7, 11) is 0. The van der Waals surface area contributed by atoms with Gasteiger partial charge in [-0.05, 0) is 33.1 Å². The first-order valence-corrected chi connectivity index (χ1v) is 6.87. The molecular formula is C14H30O3. The standard InChI is InChI=1S/C10H20O2.C4H10O/c1-4-6-7-8-10(5-2)12-9(3)11;1-3-5-4-2/h10H,4-8H2,1-3H3;3-4H2,1-2H3. The van der Waals surface area contributed by atoms with E-state index in [1.165, 1.54) is 26.2 Å². The van der Waals surface area contributed by atoms with Crippen molar-refractivity contribution in [3.8, 4) is 0 Å². The van der Waals surface area contributed by atoms with E-state index in [0.29, 0.717) is 0 Å². The molecule has 0 aliphatic rings. The zero-order valence-electron chi connectivity index (χ0n) is 12.3. The Labute approximate surface area is 107 Å². The first kappa shape index (κ1) is 18.8. The molecule has 104 valence electrons. The summed E-state index contributed by atoms with van der Waals surface area (Å²) < 4.78 is 9.94. The van der Waals surface area contributed by atoms with Crippen molar-refractivity contribution >= 4 is 5.97 Å². The quantitative estimate of drug-likeness (QED) is 0.480. The second kappa shape index (κ2) is 15.4. The molecule has 0 bridgehead atoms. The van der Waals surface area contributed by atoms with Gasteiger partial charge in [0.05, 0.1) is 0 Å². The molecule has 1 atom stereocenters. The van der Waals surface area contributed by atoms with Crippen molar-refractivity contribution in [2.75, 3.05) is 13.2 Å². The lowest BCUT2D eigenvalue weighted by atomic mass is 10.1. The Bertz CT molecular complexity index is 156. The monoisotopic (exact) mass is 246 g/mol. The largest absolute Gasteiger partial charge is 0.463 e. The van der Waals surface area contributed by atoms with E-state index >= 15 is 0 Å². The Kier molecular flexibility index (Phi) is 17.1. The van der Waals surface area contributed by atoms with Crippen LogP contribution < -0.4 is 0 Å². The Morgan fingerprint density at radius 3 is 1.94 bits per heavy atom. The molecule has 0 saturated carbocycles. The third-order valence-electron chi connectivity index (χ3n) is 2.33. The van der Waals surface area contributed by atoms with E-state index in [9.17, 15) is 4.79 Å². The number of hydrogen-bond acceptors (Lipinski definition) is 3. The van der Waals surface area contributed by atoms with Crippen LogP contribution in [0.5, 0.6) is 0 Å². The molecule has 17 heavy (non-hydrogen) atoms. The van der Waals surface area contributed by atoms with Crippen molar-refractivity contribution in [3.05, 3.63) is 0 Å². The second-order valence-electron chi connectivity index (χ2n) is 3.92. The summed E-state index contributed by atoms with van der Waals surface area (Å²) >= 11 is 0. The minimum Gasteiger partial charge on any atom is -0.463 e. The summed E-state index contributed by atoms with van der Waals surface area (Å²) in [5.74, 6) is -0.154. The van der Waals surface area contributed by atoms with Gasteiger partial charge in [0.2, 0.25) is 0 Å². The maximum Gasteiger partial charge on any atom is 0.302 e. The lowest BCUT2D eigenvalue weighted by molar-refractivity contribution is -0.146. The van der Waals surface area contributed by atoms with E-state index in [2.05, 4.69) is 13.8 Å². The smallest absolute Gasteiger partial charge is 0.302 e. The molecule has 0 spiro atoms. The van der Waals surface area contributed by atoms with Crippen molar-refractivity contribution in [1.82, 2.24) is 0 Å². The third kappa shape index (κ3) is 18.0. The third-order valence-corrected chi connectivity index (χ3v) is 2.33. The summed E-state index contributed by atoms with van der Waals surface area (Å²) in [6, 6.07) is 0. The number of unbranched alkanes of at least 4 members (excludes halogenated alkanes) is 2. The normalized spacial score (nSPS) is 11.4. The van der Waals surface area contributed by atoms with Crippen LogP contribution in [0, 0.1) is 0 Å². The summed E-state index contributed by atoms with van der Waals surface area (Å²) in [6.07, 6.45) is 5.72. The highest BCUT2D eigenvalue weighted by Crippen LogP contribution is 2.09. The second-order valence-corrected chi connectivity index (χ2v) is 3.92. The van der Waals surface area contributed by atoms with E-state index in [-0.39, 0.29) is 12.1 Å². The van der Waals surface area contributed by atoms with Gasteiger partial charge < -0.3 is 9.47 Å². The van der Waals surface area contributed by atoms with Crippen molar-refractivity contribution in [3.63, 3.8) is 0 Å². The molecule has 0 saturated heterocycles. The summed E-state index contributed by atoms with van der Waals surface area (Å²) in [6.45, 7) is 11.4. The van der Waals surface area contributed by atoms with Crippen LogP contribution >= 0.6 is 0 Å². The zero-order valence-corrected chi connectivity index (χ0v) is 12.3. The van der Waals surface area contributed by atoms with Crippen LogP contribution in [0.25, 0.3) is 0 Å². The van der Waals surface area contributed by atoms with Crippen LogP contribution in [0.3, 0.4) is 0 Å². The Morgan fingerprint density at radius 2 is 1.65 bits per heavy atom. The topological polar surface area (TPSA) is 35.5 Å². The summed E-state index contributed by atoms with van der Waals surface area (Å²) in [4.78, 5) is 10.6. The minimum atomic E-state index is -0.154. The molecule has 0 aliphatic heterocycles. The predicted octanol–water partition coefficient (Wildman–Crippen LogP) is 3.95. The van der Waals surface area contributed by atoms with Crippen molar-refractivity contribution in [2.24, 2.45) is 0 Å². The van der Waals surface area contributed by atoms with Crippen LogP contribution in [0.4, 0.5) is 0 Å². The number of carbonyl (C=O) groups is 1. The fourth-order valence-electron chi connectivity index (χ4n) is 1.41. The Balaban J connectivity index is 0. The number of ether oxygens (including phenoxy) is 2. The van der Waals surface area contributed by atoms with Gasteiger partial charge in [-0.1, -0.05) is 26.7 Å². The van der Waals surface area contributed by atoms with E-state index < -0.39 is 0 Å². The van der Waals surface area contributed by atoms with Crippen molar-refractivity contribution < 1.29 is 14.3 Å². The lowest BCUT2D eigenvalue weighted by Crippen LogP contribution is -2.14. The lowest BCUT2D eigenvalue weighted by Gasteiger charge is -2.14. The van der Waals surface area contributed by atoms with Gasteiger partial charge in [0.25, 0.3) is 0 Å². The maximum absolute atomic E-state index is 10.6. The number of carbonyl (C=O) groups excluding carboxylic acids is 1. The van der Waals surface area contributed by atoms with Gasteiger partial charge in [-0.2, -0.15) is 0 Å². The van der Waals surface area contributed by atoms with Gasteiger partial charge >= 0.3 is 5.97 Å². The molecule has 0 amide bonds. The number of esters is 1. The number of rotatable bonds is 8. The average Bonchev–Trinajstić information content (AvgIpc) is 2.29. The van der Waals surface area contributed by atoms with E-state index in [0.717, 1.165) is 26.1 Å². The van der Waals surface area contributed by atoms with Gasteiger partial charge in [0, 0.05) is 20.1 Å². The van der Waals surface area contributed by atoms with Gasteiger partial charge in [-0.3, -0.25) is 4.79 Å². The van der Waals surface area contributed by atoms with Crippen LogP contribution in [0.2, 0.25) is 0 Å². The highest BCUT2D eigenvalue weighted by atomic mass is 16.5. The highest BCUT2D eigenvalue weighted by Gasteiger charge is 2.07. The average molecular weight is 246 g/mol. The molecule has 0 aromatic rings. The van der Waals surface area contributed by atoms with Crippen LogP contribution in [-0.4, -0.2) is 25.3 Å². The van der Waals surface area contributed by atoms with E-state index in [4.69, 9.17) is 9.47 Å². The molecule has 0 aromatic carbocycles. The molecule has 1 unspecified atom stereocenters. The minimum absolute atomic E-state index is 0.147. The summed E-state index contributed by atoms with van der Waals surface area (Å²) in [5.41, 5.74) is 0. The molecule has 0 fully saturated rings. The van der Waals surface area contributed by atoms with E-state index in [1.54, 1.807) is 0 Å². The molecule has 0 heterocycles. The van der Waals surface area contributed by atoms with E-state index in [1.807, 2.05) is 13.8 Å². The Hall–Kier alpha value is -0.570. The SMILES string of the molecule is CCCCCC(CC)OC(C)=O.CCOCC. The molecule has 0 N–H and O–H groups in total. The first-order chi connectivity index (χ1) is 8.12.